The molecule has 4 N–H and O–H groups in total. The van der Waals surface area contributed by atoms with Crippen molar-refractivity contribution < 1.29 is 19.1 Å². The fourth-order valence-electron chi connectivity index (χ4n) is 3.61. The molecule has 1 fully saturated rings. The highest BCUT2D eigenvalue weighted by Crippen LogP contribution is 2.56. The molecule has 2 heterocycles. The van der Waals surface area contributed by atoms with E-state index < -0.39 is 24.5 Å². The maximum absolute atomic E-state index is 12.7. The van der Waals surface area contributed by atoms with Crippen LogP contribution in [0, 0.1) is 13.8 Å². The summed E-state index contributed by atoms with van der Waals surface area (Å²) >= 11 is 1.72. The van der Waals surface area contributed by atoms with Crippen LogP contribution in [0.4, 0.5) is 0 Å². The van der Waals surface area contributed by atoms with E-state index in [2.05, 4.69) is 10.3 Å². The molecular weight excluding hydrogens is 378 g/mol. The number of amides is 2. The zero-order valence-corrected chi connectivity index (χ0v) is 16.4. The molecule has 0 spiro atoms. The number of primary amides is 1. The van der Waals surface area contributed by atoms with Gasteiger partial charge in [-0.1, -0.05) is 6.07 Å². The van der Waals surface area contributed by atoms with Crippen molar-refractivity contribution in [2.75, 3.05) is 6.61 Å². The van der Waals surface area contributed by atoms with Crippen LogP contribution in [-0.2, 0) is 4.79 Å². The number of aromatic nitrogens is 1. The van der Waals surface area contributed by atoms with E-state index in [-0.39, 0.29) is 0 Å². The van der Waals surface area contributed by atoms with Crippen molar-refractivity contribution in [3.05, 3.63) is 51.2 Å². The minimum Gasteiger partial charge on any atom is -0.461 e. The normalized spacial score (nSPS) is 19.5. The van der Waals surface area contributed by atoms with E-state index in [4.69, 9.17) is 10.2 Å². The number of aliphatic hydroxyl groups excluding tert-OH is 1. The first-order valence-electron chi connectivity index (χ1n) is 9.05. The maximum Gasteiger partial charge on any atom is 0.256 e. The number of aryl methyl sites for hydroxylation is 2. The second-order valence-electron chi connectivity index (χ2n) is 7.13. The van der Waals surface area contributed by atoms with Crippen molar-refractivity contribution in [3.8, 4) is 0 Å². The topological polar surface area (TPSA) is 118 Å². The summed E-state index contributed by atoms with van der Waals surface area (Å²) in [6.45, 7) is 3.15. The number of hydrogen-bond donors (Lipinski definition) is 3. The average Bonchev–Trinajstić information content (AvgIpc) is 3.22. The first-order chi connectivity index (χ1) is 13.4. The maximum atomic E-state index is 12.7. The molecule has 3 atom stereocenters. The van der Waals surface area contributed by atoms with Crippen molar-refractivity contribution in [1.29, 1.82) is 0 Å². The zero-order valence-electron chi connectivity index (χ0n) is 15.6. The number of nitrogens with one attached hydrogen (secondary N) is 1. The van der Waals surface area contributed by atoms with Crippen molar-refractivity contribution >= 4 is 34.1 Å². The lowest BCUT2D eigenvalue weighted by molar-refractivity contribution is -0.120. The molecule has 0 aliphatic heterocycles. The molecule has 2 aromatic heterocycles. The van der Waals surface area contributed by atoms with Crippen molar-refractivity contribution in [2.24, 2.45) is 5.73 Å². The molecule has 7 nitrogen and oxygen atoms in total. The summed E-state index contributed by atoms with van der Waals surface area (Å²) in [6, 6.07) is 4.75. The smallest absolute Gasteiger partial charge is 0.256 e. The van der Waals surface area contributed by atoms with Gasteiger partial charge >= 0.3 is 0 Å². The van der Waals surface area contributed by atoms with Gasteiger partial charge in [0.25, 0.3) is 5.91 Å². The van der Waals surface area contributed by atoms with Gasteiger partial charge in [0.05, 0.1) is 17.2 Å². The van der Waals surface area contributed by atoms with Crippen LogP contribution < -0.4 is 11.1 Å². The number of thiazole rings is 1. The third kappa shape index (κ3) is 3.29. The molecule has 0 radical (unpaired) electrons. The van der Waals surface area contributed by atoms with E-state index >= 15 is 0 Å². The standard InChI is InChI=1S/C20H21N3O4S/c1-9-18(20(26)23-15(8-24)19(21)25)14-5-11(3-4-16(14)27-9)12-6-13(12)17-7-22-10(2)28-17/h3-5,7,12-13,15,24H,6,8H2,1-2H3,(H2,21,25)(H,23,26)/t12?,13?,15-/m0/s1. The Bertz CT molecular complexity index is 1070. The lowest BCUT2D eigenvalue weighted by Gasteiger charge is -2.12. The van der Waals surface area contributed by atoms with Gasteiger partial charge < -0.3 is 20.6 Å². The number of aliphatic hydroxyl groups is 1. The van der Waals surface area contributed by atoms with Gasteiger partial charge in [-0.3, -0.25) is 9.59 Å². The third-order valence-corrected chi connectivity index (χ3v) is 6.21. The highest BCUT2D eigenvalue weighted by Gasteiger charge is 2.41. The van der Waals surface area contributed by atoms with Crippen LogP contribution in [0.15, 0.2) is 28.8 Å². The first-order valence-corrected chi connectivity index (χ1v) is 9.87. The number of hydrogen-bond acceptors (Lipinski definition) is 6. The van der Waals surface area contributed by atoms with Crippen molar-refractivity contribution in [1.82, 2.24) is 10.3 Å². The van der Waals surface area contributed by atoms with E-state index in [1.165, 1.54) is 4.88 Å². The number of furan rings is 1. The lowest BCUT2D eigenvalue weighted by Crippen LogP contribution is -2.46. The van der Waals surface area contributed by atoms with Crippen LogP contribution in [0.5, 0.6) is 0 Å². The number of nitrogens with zero attached hydrogens (tertiary/aromatic N) is 1. The number of fused-ring (bicyclic) bond motifs is 1. The average molecular weight is 399 g/mol. The lowest BCUT2D eigenvalue weighted by atomic mass is 10.0. The van der Waals surface area contributed by atoms with Gasteiger partial charge in [0.1, 0.15) is 17.4 Å². The summed E-state index contributed by atoms with van der Waals surface area (Å²) in [4.78, 5) is 29.7. The summed E-state index contributed by atoms with van der Waals surface area (Å²) in [6.07, 6.45) is 3.00. The molecule has 8 heteroatoms. The molecular formula is C20H21N3O4S. The summed E-state index contributed by atoms with van der Waals surface area (Å²) in [7, 11) is 0. The van der Waals surface area contributed by atoms with Gasteiger partial charge in [-0.2, -0.15) is 0 Å². The molecule has 2 amide bonds. The number of carbonyl (C=O) groups excluding carboxylic acids is 2. The molecule has 4 rings (SSSR count). The molecule has 1 aliphatic rings. The van der Waals surface area contributed by atoms with Crippen LogP contribution in [0.25, 0.3) is 11.0 Å². The Morgan fingerprint density at radius 2 is 2.18 bits per heavy atom. The van der Waals surface area contributed by atoms with Crippen LogP contribution in [0.1, 0.15) is 49.8 Å². The van der Waals surface area contributed by atoms with Gasteiger partial charge in [-0.15, -0.1) is 11.3 Å². The van der Waals surface area contributed by atoms with Crippen LogP contribution >= 0.6 is 11.3 Å². The SMILES string of the molecule is Cc1ncc(C2CC2c2ccc3oc(C)c(C(=O)N[C@@H](CO)C(N)=O)c3c2)s1. The Kier molecular flexibility index (Phi) is 4.68. The Morgan fingerprint density at radius 1 is 1.39 bits per heavy atom. The third-order valence-electron chi connectivity index (χ3n) is 5.17. The van der Waals surface area contributed by atoms with Crippen molar-refractivity contribution in [3.63, 3.8) is 0 Å². The number of rotatable bonds is 6. The number of carbonyl (C=O) groups is 2. The van der Waals surface area contributed by atoms with E-state index in [1.807, 2.05) is 31.3 Å². The summed E-state index contributed by atoms with van der Waals surface area (Å²) in [5, 5.41) is 13.5. The molecule has 0 saturated heterocycles. The number of benzene rings is 1. The van der Waals surface area contributed by atoms with E-state index in [0.29, 0.717) is 34.1 Å². The molecule has 2 unspecified atom stereocenters. The quantitative estimate of drug-likeness (QED) is 0.588. The minimum atomic E-state index is -1.14. The zero-order chi connectivity index (χ0) is 20.0. The molecule has 0 bridgehead atoms. The Morgan fingerprint density at radius 3 is 2.82 bits per heavy atom. The summed E-state index contributed by atoms with van der Waals surface area (Å²) in [5.41, 5.74) is 7.32. The highest BCUT2D eigenvalue weighted by atomic mass is 32.1. The fourth-order valence-corrected chi connectivity index (χ4v) is 4.58. The highest BCUT2D eigenvalue weighted by molar-refractivity contribution is 7.11. The van der Waals surface area contributed by atoms with Gasteiger partial charge in [0.15, 0.2) is 0 Å². The van der Waals surface area contributed by atoms with E-state index in [1.54, 1.807) is 18.3 Å². The molecule has 146 valence electrons. The Labute approximate surface area is 165 Å². The largest absolute Gasteiger partial charge is 0.461 e. The Balaban J connectivity index is 1.63. The first kappa shape index (κ1) is 18.6. The molecule has 1 aromatic carbocycles. The second-order valence-corrected chi connectivity index (χ2v) is 8.40. The van der Waals surface area contributed by atoms with Gasteiger partial charge in [0, 0.05) is 22.4 Å². The van der Waals surface area contributed by atoms with E-state index in [9.17, 15) is 14.7 Å². The molecule has 3 aromatic rings. The predicted octanol–water partition coefficient (Wildman–Crippen LogP) is 2.35. The number of nitrogens with two attached hydrogens (primary N) is 1. The molecule has 28 heavy (non-hydrogen) atoms. The predicted molar refractivity (Wildman–Crippen MR) is 105 cm³/mol. The molecule has 1 saturated carbocycles. The Hall–Kier alpha value is -2.71. The van der Waals surface area contributed by atoms with Crippen LogP contribution in [0.2, 0.25) is 0 Å². The van der Waals surface area contributed by atoms with E-state index in [0.717, 1.165) is 17.0 Å². The van der Waals surface area contributed by atoms with Gasteiger partial charge in [-0.25, -0.2) is 4.98 Å². The fraction of sp³-hybridized carbons (Fsp3) is 0.350. The van der Waals surface area contributed by atoms with Gasteiger partial charge in [-0.05, 0) is 43.9 Å². The van der Waals surface area contributed by atoms with Crippen LogP contribution in [0.3, 0.4) is 0 Å². The summed E-state index contributed by atoms with van der Waals surface area (Å²) < 4.78 is 5.72. The monoisotopic (exact) mass is 399 g/mol. The van der Waals surface area contributed by atoms with Crippen LogP contribution in [-0.4, -0.2) is 34.6 Å². The van der Waals surface area contributed by atoms with Gasteiger partial charge in [0.2, 0.25) is 5.91 Å². The summed E-state index contributed by atoms with van der Waals surface area (Å²) in [5.74, 6) is 0.0318. The van der Waals surface area contributed by atoms with Crippen molar-refractivity contribution in [2.45, 2.75) is 38.1 Å². The second kappa shape index (κ2) is 7.03. The minimum absolute atomic E-state index is 0.363. The molecule has 1 aliphatic carbocycles.